The van der Waals surface area contributed by atoms with Gasteiger partial charge in [0.1, 0.15) is 11.6 Å². The lowest BCUT2D eigenvalue weighted by molar-refractivity contribution is -0.121. The molecule has 31 heavy (non-hydrogen) atoms. The molecule has 1 aromatic carbocycles. The van der Waals surface area contributed by atoms with Crippen LogP contribution in [0.2, 0.25) is 0 Å². The van der Waals surface area contributed by atoms with E-state index in [0.717, 1.165) is 43.6 Å². The molecule has 4 atom stereocenters. The van der Waals surface area contributed by atoms with Crippen LogP contribution < -0.4 is 10.6 Å². The quantitative estimate of drug-likeness (QED) is 0.743. The van der Waals surface area contributed by atoms with Crippen LogP contribution in [0.3, 0.4) is 0 Å². The number of carbonyl (C=O) groups is 1. The van der Waals surface area contributed by atoms with Crippen LogP contribution in [-0.4, -0.2) is 39.0 Å². The van der Waals surface area contributed by atoms with Crippen molar-refractivity contribution in [3.8, 4) is 0 Å². The second kappa shape index (κ2) is 9.35. The molecule has 6 nitrogen and oxygen atoms in total. The third-order valence-electron chi connectivity index (χ3n) is 7.08. The summed E-state index contributed by atoms with van der Waals surface area (Å²) in [5, 5.41) is 0. The Hall–Kier alpha value is -2.47. The number of para-hydroxylation sites is 1. The number of amides is 1. The standard InChI is InChI=1S/C25H35N5O/c1-4-19(25-27-15-14-22(26)28-25)16-23(29-17(2)8-7-9-18(29)3)30-21-11-6-5-10-20(21)12-13-24(30)31/h5-6,10-11,14-15,17-19,23H,4,7-9,12-13,16H2,1-3H3,(H2,26,27,28)/t17-,18+,19?,23?. The first-order valence-electron chi connectivity index (χ1n) is 11.8. The van der Waals surface area contributed by atoms with E-state index in [0.29, 0.717) is 24.3 Å². The van der Waals surface area contributed by atoms with Gasteiger partial charge in [-0.2, -0.15) is 0 Å². The third kappa shape index (κ3) is 4.45. The Morgan fingerprint density at radius 3 is 2.58 bits per heavy atom. The maximum atomic E-state index is 13.4. The van der Waals surface area contributed by atoms with Gasteiger partial charge in [-0.3, -0.25) is 14.6 Å². The molecule has 0 radical (unpaired) electrons. The molecule has 166 valence electrons. The zero-order valence-electron chi connectivity index (χ0n) is 19.0. The highest BCUT2D eigenvalue weighted by Gasteiger charge is 2.40. The number of nitrogens with two attached hydrogens (primary N) is 1. The summed E-state index contributed by atoms with van der Waals surface area (Å²) in [6.45, 7) is 6.78. The van der Waals surface area contributed by atoms with Crippen LogP contribution >= 0.6 is 0 Å². The molecule has 2 aromatic rings. The van der Waals surface area contributed by atoms with Gasteiger partial charge in [-0.05, 0) is 63.6 Å². The predicted octanol–water partition coefficient (Wildman–Crippen LogP) is 4.51. The molecule has 0 spiro atoms. The summed E-state index contributed by atoms with van der Waals surface area (Å²) in [6, 6.07) is 11.0. The molecule has 0 aliphatic carbocycles. The number of aromatic nitrogens is 2. The molecule has 2 N–H and O–H groups in total. The monoisotopic (exact) mass is 421 g/mol. The Balaban J connectivity index is 1.76. The summed E-state index contributed by atoms with van der Waals surface area (Å²) in [4.78, 5) is 27.1. The van der Waals surface area contributed by atoms with Gasteiger partial charge in [0, 0.05) is 36.3 Å². The molecule has 1 saturated heterocycles. The molecule has 3 heterocycles. The Bertz CT molecular complexity index is 906. The Labute approximate surface area is 185 Å². The third-order valence-corrected chi connectivity index (χ3v) is 7.08. The number of piperidine rings is 1. The Kier molecular flexibility index (Phi) is 6.56. The van der Waals surface area contributed by atoms with E-state index in [1.54, 1.807) is 12.3 Å². The number of aryl methyl sites for hydroxylation is 1. The average molecular weight is 422 g/mol. The smallest absolute Gasteiger partial charge is 0.228 e. The van der Waals surface area contributed by atoms with Crippen molar-refractivity contribution in [1.82, 2.24) is 14.9 Å². The molecule has 2 aliphatic rings. The van der Waals surface area contributed by atoms with E-state index in [4.69, 9.17) is 5.73 Å². The summed E-state index contributed by atoms with van der Waals surface area (Å²) in [6.07, 6.45) is 8.37. The van der Waals surface area contributed by atoms with Gasteiger partial charge in [-0.15, -0.1) is 0 Å². The van der Waals surface area contributed by atoms with Crippen LogP contribution in [0.15, 0.2) is 36.5 Å². The lowest BCUT2D eigenvalue weighted by atomic mass is 9.90. The van der Waals surface area contributed by atoms with Crippen LogP contribution in [0.1, 0.15) is 76.6 Å². The van der Waals surface area contributed by atoms with E-state index in [1.807, 2.05) is 6.07 Å². The van der Waals surface area contributed by atoms with Gasteiger partial charge in [0.2, 0.25) is 5.91 Å². The fraction of sp³-hybridized carbons (Fsp3) is 0.560. The van der Waals surface area contributed by atoms with Crippen molar-refractivity contribution in [1.29, 1.82) is 0 Å². The SMILES string of the molecule is CCC(CC(N1C(=O)CCc2ccccc21)N1[C@H](C)CCC[C@@H]1C)c1nccc(N)n1. The zero-order valence-corrected chi connectivity index (χ0v) is 19.0. The molecule has 6 heteroatoms. The molecular weight excluding hydrogens is 386 g/mol. The fourth-order valence-corrected chi connectivity index (χ4v) is 5.46. The summed E-state index contributed by atoms with van der Waals surface area (Å²) < 4.78 is 0. The number of likely N-dealkylation sites (tertiary alicyclic amines) is 1. The fourth-order valence-electron chi connectivity index (χ4n) is 5.46. The summed E-state index contributed by atoms with van der Waals surface area (Å²) >= 11 is 0. The molecule has 0 saturated carbocycles. The first-order valence-corrected chi connectivity index (χ1v) is 11.8. The number of hydrogen-bond acceptors (Lipinski definition) is 5. The number of carbonyl (C=O) groups excluding carboxylic acids is 1. The van der Waals surface area contributed by atoms with Crippen LogP contribution in [0.25, 0.3) is 0 Å². The largest absolute Gasteiger partial charge is 0.384 e. The summed E-state index contributed by atoms with van der Waals surface area (Å²) in [7, 11) is 0. The van der Waals surface area contributed by atoms with E-state index in [2.05, 4.69) is 58.7 Å². The van der Waals surface area contributed by atoms with Crippen LogP contribution in [-0.2, 0) is 11.2 Å². The van der Waals surface area contributed by atoms with E-state index in [-0.39, 0.29) is 18.0 Å². The maximum Gasteiger partial charge on any atom is 0.228 e. The minimum atomic E-state index is -0.0192. The number of nitrogen functional groups attached to an aromatic ring is 1. The molecule has 1 amide bonds. The van der Waals surface area contributed by atoms with E-state index in [1.165, 1.54) is 12.0 Å². The molecule has 2 aliphatic heterocycles. The van der Waals surface area contributed by atoms with Crippen molar-refractivity contribution >= 4 is 17.4 Å². The van der Waals surface area contributed by atoms with Crippen molar-refractivity contribution in [2.24, 2.45) is 0 Å². The highest BCUT2D eigenvalue weighted by molar-refractivity contribution is 5.96. The number of rotatable bonds is 6. The number of anilines is 2. The zero-order chi connectivity index (χ0) is 22.0. The topological polar surface area (TPSA) is 75.4 Å². The summed E-state index contributed by atoms with van der Waals surface area (Å²) in [5.74, 6) is 1.63. The molecule has 4 rings (SSSR count). The van der Waals surface area contributed by atoms with Crippen molar-refractivity contribution in [3.05, 3.63) is 47.9 Å². The Morgan fingerprint density at radius 2 is 1.87 bits per heavy atom. The molecular formula is C25H35N5O. The lowest BCUT2D eigenvalue weighted by Gasteiger charge is -2.50. The Morgan fingerprint density at radius 1 is 1.13 bits per heavy atom. The van der Waals surface area contributed by atoms with Gasteiger partial charge in [0.05, 0.1) is 6.17 Å². The van der Waals surface area contributed by atoms with Crippen LogP contribution in [0.5, 0.6) is 0 Å². The number of fused-ring (bicyclic) bond motifs is 1. The molecule has 2 unspecified atom stereocenters. The number of benzene rings is 1. The predicted molar refractivity (Wildman–Crippen MR) is 125 cm³/mol. The van der Waals surface area contributed by atoms with Gasteiger partial charge in [0.25, 0.3) is 0 Å². The number of hydrogen-bond donors (Lipinski definition) is 1. The molecule has 1 aromatic heterocycles. The molecule has 1 fully saturated rings. The minimum Gasteiger partial charge on any atom is -0.384 e. The van der Waals surface area contributed by atoms with E-state index in [9.17, 15) is 4.79 Å². The van der Waals surface area contributed by atoms with Gasteiger partial charge in [-0.25, -0.2) is 9.97 Å². The number of nitrogens with zero attached hydrogens (tertiary/aromatic N) is 4. The molecule has 0 bridgehead atoms. The second-order valence-electron chi connectivity index (χ2n) is 9.13. The lowest BCUT2D eigenvalue weighted by Crippen LogP contribution is -2.59. The van der Waals surface area contributed by atoms with Gasteiger partial charge in [-0.1, -0.05) is 31.5 Å². The van der Waals surface area contributed by atoms with Crippen molar-refractivity contribution in [3.63, 3.8) is 0 Å². The van der Waals surface area contributed by atoms with Crippen molar-refractivity contribution in [2.45, 2.75) is 89.9 Å². The van der Waals surface area contributed by atoms with Gasteiger partial charge in [0.15, 0.2) is 0 Å². The van der Waals surface area contributed by atoms with Crippen molar-refractivity contribution < 1.29 is 4.79 Å². The first kappa shape index (κ1) is 21.8. The highest BCUT2D eigenvalue weighted by Crippen LogP contribution is 2.38. The van der Waals surface area contributed by atoms with E-state index >= 15 is 0 Å². The summed E-state index contributed by atoms with van der Waals surface area (Å²) in [5.41, 5.74) is 8.30. The minimum absolute atomic E-state index is 0.0192. The first-order chi connectivity index (χ1) is 15.0. The van der Waals surface area contributed by atoms with Gasteiger partial charge >= 0.3 is 0 Å². The maximum absolute atomic E-state index is 13.4. The van der Waals surface area contributed by atoms with Gasteiger partial charge < -0.3 is 5.73 Å². The average Bonchev–Trinajstić information content (AvgIpc) is 2.76. The van der Waals surface area contributed by atoms with Crippen LogP contribution in [0, 0.1) is 0 Å². The van der Waals surface area contributed by atoms with Crippen LogP contribution in [0.4, 0.5) is 11.5 Å². The second-order valence-corrected chi connectivity index (χ2v) is 9.13. The normalized spacial score (nSPS) is 24.0. The van der Waals surface area contributed by atoms with Crippen molar-refractivity contribution in [2.75, 3.05) is 10.6 Å². The van der Waals surface area contributed by atoms with E-state index < -0.39 is 0 Å². The highest BCUT2D eigenvalue weighted by atomic mass is 16.2.